The molecule has 116 valence electrons. The number of halogens is 2. The molecule has 0 spiro atoms. The summed E-state index contributed by atoms with van der Waals surface area (Å²) >= 11 is 0. The summed E-state index contributed by atoms with van der Waals surface area (Å²) in [5, 5.41) is 21.1. The number of aliphatic hydroxyl groups excluding tert-OH is 1. The molecule has 3 N–H and O–H groups in total. The van der Waals surface area contributed by atoms with Crippen molar-refractivity contribution in [1.82, 2.24) is 0 Å². The first-order chi connectivity index (χ1) is 9.99. The maximum Gasteiger partial charge on any atom is 0.338 e. The minimum absolute atomic E-state index is 0.00267. The van der Waals surface area contributed by atoms with Gasteiger partial charge in [0.2, 0.25) is 0 Å². The maximum atomic E-state index is 13.8. The predicted molar refractivity (Wildman–Crippen MR) is 74.4 cm³/mol. The highest BCUT2D eigenvalue weighted by Gasteiger charge is 2.31. The van der Waals surface area contributed by atoms with Gasteiger partial charge in [0, 0.05) is 12.0 Å². The summed E-state index contributed by atoms with van der Waals surface area (Å²) in [6.07, 6.45) is 4.83. The molecule has 0 saturated heterocycles. The Morgan fingerprint density at radius 3 is 2.43 bits per heavy atom. The third-order valence-corrected chi connectivity index (χ3v) is 4.22. The Morgan fingerprint density at radius 2 is 1.86 bits per heavy atom. The molecule has 1 aliphatic rings. The fourth-order valence-electron chi connectivity index (χ4n) is 2.83. The molecule has 1 aliphatic carbocycles. The first kappa shape index (κ1) is 15.7. The Morgan fingerprint density at radius 1 is 1.19 bits per heavy atom. The summed E-state index contributed by atoms with van der Waals surface area (Å²) in [5.41, 5.74) is -1.07. The van der Waals surface area contributed by atoms with E-state index in [-0.39, 0.29) is 17.7 Å². The number of carboxylic acids is 1. The van der Waals surface area contributed by atoms with Crippen LogP contribution < -0.4 is 5.32 Å². The van der Waals surface area contributed by atoms with E-state index in [9.17, 15) is 18.7 Å². The number of hydrogen-bond donors (Lipinski definition) is 3. The molecule has 1 fully saturated rings. The van der Waals surface area contributed by atoms with Crippen molar-refractivity contribution in [3.8, 4) is 0 Å². The van der Waals surface area contributed by atoms with E-state index in [2.05, 4.69) is 5.32 Å². The Bertz CT molecular complexity index is 528. The van der Waals surface area contributed by atoms with E-state index in [0.29, 0.717) is 6.54 Å². The van der Waals surface area contributed by atoms with E-state index in [1.54, 1.807) is 0 Å². The summed E-state index contributed by atoms with van der Waals surface area (Å²) in [6.45, 7) is 0.337. The minimum Gasteiger partial charge on any atom is -0.478 e. The van der Waals surface area contributed by atoms with Crippen molar-refractivity contribution in [1.29, 1.82) is 0 Å². The molecule has 0 unspecified atom stereocenters. The number of rotatable bonds is 5. The highest BCUT2D eigenvalue weighted by Crippen LogP contribution is 2.36. The largest absolute Gasteiger partial charge is 0.478 e. The molecule has 21 heavy (non-hydrogen) atoms. The summed E-state index contributed by atoms with van der Waals surface area (Å²) in [6, 6.07) is 2.26. The average Bonchev–Trinajstić information content (AvgIpc) is 2.49. The maximum absolute atomic E-state index is 13.8. The van der Waals surface area contributed by atoms with Crippen molar-refractivity contribution in [2.24, 2.45) is 5.41 Å². The second-order valence-electron chi connectivity index (χ2n) is 5.67. The van der Waals surface area contributed by atoms with Crippen molar-refractivity contribution >= 4 is 11.7 Å². The second kappa shape index (κ2) is 6.39. The van der Waals surface area contributed by atoms with E-state index in [1.165, 1.54) is 6.07 Å². The lowest BCUT2D eigenvalue weighted by atomic mass is 9.74. The lowest BCUT2D eigenvalue weighted by Crippen LogP contribution is -2.35. The molecule has 0 amide bonds. The summed E-state index contributed by atoms with van der Waals surface area (Å²) in [7, 11) is 0. The van der Waals surface area contributed by atoms with Crippen molar-refractivity contribution in [3.05, 3.63) is 29.3 Å². The van der Waals surface area contributed by atoms with Gasteiger partial charge in [-0.1, -0.05) is 19.3 Å². The molecular weight excluding hydrogens is 280 g/mol. The van der Waals surface area contributed by atoms with E-state index in [1.807, 2.05) is 0 Å². The first-order valence-corrected chi connectivity index (χ1v) is 7.05. The molecule has 0 aromatic heterocycles. The molecule has 0 bridgehead atoms. The van der Waals surface area contributed by atoms with Gasteiger partial charge in [-0.05, 0) is 25.0 Å². The molecule has 1 aromatic carbocycles. The van der Waals surface area contributed by atoms with Gasteiger partial charge in [0.15, 0.2) is 11.6 Å². The van der Waals surface area contributed by atoms with Gasteiger partial charge >= 0.3 is 5.97 Å². The van der Waals surface area contributed by atoms with Crippen LogP contribution in [0.25, 0.3) is 0 Å². The Labute approximate surface area is 121 Å². The molecule has 1 saturated carbocycles. The van der Waals surface area contributed by atoms with Gasteiger partial charge in [-0.15, -0.1) is 0 Å². The van der Waals surface area contributed by atoms with Crippen molar-refractivity contribution < 1.29 is 23.8 Å². The molecule has 0 aliphatic heterocycles. The second-order valence-corrected chi connectivity index (χ2v) is 5.67. The quantitative estimate of drug-likeness (QED) is 0.781. The van der Waals surface area contributed by atoms with Gasteiger partial charge in [-0.25, -0.2) is 13.6 Å². The van der Waals surface area contributed by atoms with Crippen LogP contribution in [0.1, 0.15) is 42.5 Å². The summed E-state index contributed by atoms with van der Waals surface area (Å²) in [5.74, 6) is -4.06. The van der Waals surface area contributed by atoms with Crippen molar-refractivity contribution in [2.75, 3.05) is 18.5 Å². The number of nitrogens with one attached hydrogen (secondary N) is 1. The number of benzene rings is 1. The van der Waals surface area contributed by atoms with Crippen LogP contribution >= 0.6 is 0 Å². The third-order valence-electron chi connectivity index (χ3n) is 4.22. The zero-order valence-corrected chi connectivity index (χ0v) is 11.7. The van der Waals surface area contributed by atoms with E-state index >= 15 is 0 Å². The summed E-state index contributed by atoms with van der Waals surface area (Å²) in [4.78, 5) is 10.7. The SMILES string of the molecule is O=C(O)c1ccc(NCC2(CO)CCCCC2)c(F)c1F. The average molecular weight is 299 g/mol. The van der Waals surface area contributed by atoms with Gasteiger partial charge in [0.05, 0.1) is 17.9 Å². The number of hydrogen-bond acceptors (Lipinski definition) is 3. The molecule has 1 aromatic rings. The van der Waals surface area contributed by atoms with E-state index < -0.39 is 23.2 Å². The summed E-state index contributed by atoms with van der Waals surface area (Å²) < 4.78 is 27.5. The third kappa shape index (κ3) is 3.32. The highest BCUT2D eigenvalue weighted by atomic mass is 19.2. The van der Waals surface area contributed by atoms with Gasteiger partial charge in [0.1, 0.15) is 0 Å². The number of carbonyl (C=O) groups is 1. The Balaban J connectivity index is 2.13. The van der Waals surface area contributed by atoms with Gasteiger partial charge in [0.25, 0.3) is 0 Å². The zero-order chi connectivity index (χ0) is 15.5. The lowest BCUT2D eigenvalue weighted by molar-refractivity contribution is 0.0690. The number of carboxylic acid groups (broad SMARTS) is 1. The Kier molecular flexibility index (Phi) is 4.77. The molecule has 2 rings (SSSR count). The van der Waals surface area contributed by atoms with Crippen LogP contribution in [-0.4, -0.2) is 29.3 Å². The van der Waals surface area contributed by atoms with Crippen LogP contribution in [-0.2, 0) is 0 Å². The van der Waals surface area contributed by atoms with Crippen LogP contribution in [0.15, 0.2) is 12.1 Å². The van der Waals surface area contributed by atoms with Gasteiger partial charge < -0.3 is 15.5 Å². The topological polar surface area (TPSA) is 69.6 Å². The van der Waals surface area contributed by atoms with Crippen molar-refractivity contribution in [3.63, 3.8) is 0 Å². The minimum atomic E-state index is -1.50. The lowest BCUT2D eigenvalue weighted by Gasteiger charge is -2.36. The monoisotopic (exact) mass is 299 g/mol. The number of aromatic carboxylic acids is 1. The molecule has 0 atom stereocenters. The Hall–Kier alpha value is -1.69. The molecule has 0 radical (unpaired) electrons. The standard InChI is InChI=1S/C15H19F2NO3/c16-12-10(14(20)21)4-5-11(13(12)17)18-8-15(9-19)6-2-1-3-7-15/h4-5,18-19H,1-3,6-9H2,(H,20,21). The fraction of sp³-hybridized carbons (Fsp3) is 0.533. The van der Waals surface area contributed by atoms with E-state index in [4.69, 9.17) is 5.11 Å². The van der Waals surface area contributed by atoms with Crippen LogP contribution in [0, 0.1) is 17.0 Å². The smallest absolute Gasteiger partial charge is 0.338 e. The van der Waals surface area contributed by atoms with Gasteiger partial charge in [-0.3, -0.25) is 0 Å². The molecule has 0 heterocycles. The predicted octanol–water partition coefficient (Wildman–Crippen LogP) is 3.02. The number of anilines is 1. The normalized spacial score (nSPS) is 17.5. The number of aliphatic hydroxyl groups is 1. The van der Waals surface area contributed by atoms with Crippen molar-refractivity contribution in [2.45, 2.75) is 32.1 Å². The van der Waals surface area contributed by atoms with Crippen LogP contribution in [0.4, 0.5) is 14.5 Å². The fourth-order valence-corrected chi connectivity index (χ4v) is 2.83. The van der Waals surface area contributed by atoms with E-state index in [0.717, 1.165) is 38.2 Å². The zero-order valence-electron chi connectivity index (χ0n) is 11.7. The van der Waals surface area contributed by atoms with Crippen LogP contribution in [0.5, 0.6) is 0 Å². The highest BCUT2D eigenvalue weighted by molar-refractivity contribution is 5.88. The van der Waals surface area contributed by atoms with Crippen LogP contribution in [0.3, 0.4) is 0 Å². The van der Waals surface area contributed by atoms with Crippen LogP contribution in [0.2, 0.25) is 0 Å². The first-order valence-electron chi connectivity index (χ1n) is 7.05. The molecule has 6 heteroatoms. The van der Waals surface area contributed by atoms with Gasteiger partial charge in [-0.2, -0.15) is 0 Å². The molecule has 4 nitrogen and oxygen atoms in total. The molecular formula is C15H19F2NO3.